The summed E-state index contributed by atoms with van der Waals surface area (Å²) in [6, 6.07) is 10.8. The van der Waals surface area contributed by atoms with Crippen LogP contribution in [0.2, 0.25) is 10.0 Å². The Kier molecular flexibility index (Phi) is 4.85. The van der Waals surface area contributed by atoms with Crippen molar-refractivity contribution in [2.75, 3.05) is 0 Å². The second-order valence-corrected chi connectivity index (χ2v) is 7.48. The fourth-order valence-electron chi connectivity index (χ4n) is 3.25. The highest BCUT2D eigenvalue weighted by Crippen LogP contribution is 2.48. The van der Waals surface area contributed by atoms with E-state index < -0.39 is 11.8 Å². The monoisotopic (exact) mass is 439 g/mol. The first-order valence-electron chi connectivity index (χ1n) is 8.51. The van der Waals surface area contributed by atoms with Crippen molar-refractivity contribution in [3.63, 3.8) is 0 Å². The summed E-state index contributed by atoms with van der Waals surface area (Å²) in [5, 5.41) is 4.34. The molecule has 1 aliphatic heterocycles. The van der Waals surface area contributed by atoms with E-state index in [9.17, 15) is 13.2 Å². The molecule has 150 valence electrons. The average Bonchev–Trinajstić information content (AvgIpc) is 3.31. The maximum atomic E-state index is 14.1. The Hall–Kier alpha value is -2.48. The lowest BCUT2D eigenvalue weighted by molar-refractivity contribution is -0.269. The fourth-order valence-corrected chi connectivity index (χ4v) is 3.77. The van der Waals surface area contributed by atoms with E-state index in [1.165, 1.54) is 18.2 Å². The maximum Gasteiger partial charge on any atom is 0.428 e. The van der Waals surface area contributed by atoms with Gasteiger partial charge >= 0.3 is 6.18 Å². The van der Waals surface area contributed by atoms with Gasteiger partial charge in [0.15, 0.2) is 0 Å². The van der Waals surface area contributed by atoms with Gasteiger partial charge in [0.1, 0.15) is 0 Å². The largest absolute Gasteiger partial charge is 0.428 e. The van der Waals surface area contributed by atoms with Crippen molar-refractivity contribution in [3.8, 4) is 5.69 Å². The molecule has 1 aromatic heterocycles. The minimum atomic E-state index is -4.75. The number of hydroxylamine groups is 1. The molecule has 29 heavy (non-hydrogen) atoms. The minimum Gasteiger partial charge on any atom is -0.265 e. The number of nitrogens with one attached hydrogen (secondary N) is 1. The molecular formula is C20H14Cl2F3N3O. The van der Waals surface area contributed by atoms with Crippen LogP contribution in [0.25, 0.3) is 11.4 Å². The van der Waals surface area contributed by atoms with Crippen molar-refractivity contribution in [2.24, 2.45) is 0 Å². The summed E-state index contributed by atoms with van der Waals surface area (Å²) in [5.74, 6) is 0. The Balaban J connectivity index is 1.79. The number of benzene rings is 2. The highest BCUT2D eigenvalue weighted by atomic mass is 35.5. The van der Waals surface area contributed by atoms with Gasteiger partial charge in [0.25, 0.3) is 0 Å². The number of nitrogens with zero attached hydrogens (tertiary/aromatic N) is 2. The van der Waals surface area contributed by atoms with Gasteiger partial charge in [-0.05, 0) is 55.0 Å². The highest BCUT2D eigenvalue weighted by Gasteiger charge is 2.59. The van der Waals surface area contributed by atoms with Crippen LogP contribution in [-0.4, -0.2) is 16.0 Å². The van der Waals surface area contributed by atoms with Crippen molar-refractivity contribution in [1.29, 1.82) is 0 Å². The van der Waals surface area contributed by atoms with Gasteiger partial charge in [-0.15, -0.1) is 0 Å². The van der Waals surface area contributed by atoms with E-state index in [2.05, 4.69) is 10.6 Å². The molecule has 1 N–H and O–H groups in total. The van der Waals surface area contributed by atoms with Crippen LogP contribution in [0, 0.1) is 6.92 Å². The molecule has 0 amide bonds. The lowest BCUT2D eigenvalue weighted by atomic mass is 9.91. The average molecular weight is 440 g/mol. The predicted octanol–water partition coefficient (Wildman–Crippen LogP) is 5.82. The second-order valence-electron chi connectivity index (χ2n) is 6.61. The number of aromatic nitrogens is 2. The first-order chi connectivity index (χ1) is 13.7. The molecule has 0 aliphatic carbocycles. The first-order valence-corrected chi connectivity index (χ1v) is 9.26. The van der Waals surface area contributed by atoms with Gasteiger partial charge in [-0.2, -0.15) is 18.3 Å². The van der Waals surface area contributed by atoms with Crippen LogP contribution >= 0.6 is 23.2 Å². The van der Waals surface area contributed by atoms with Crippen molar-refractivity contribution < 1.29 is 18.0 Å². The zero-order valence-corrected chi connectivity index (χ0v) is 16.5. The Bertz CT molecular complexity index is 1080. The fraction of sp³-hybridized carbons (Fsp3) is 0.150. The lowest BCUT2D eigenvalue weighted by Crippen LogP contribution is -2.42. The molecule has 0 radical (unpaired) electrons. The van der Waals surface area contributed by atoms with Gasteiger partial charge in [0.05, 0.1) is 11.4 Å². The van der Waals surface area contributed by atoms with Gasteiger partial charge < -0.3 is 0 Å². The molecule has 0 saturated carbocycles. The van der Waals surface area contributed by atoms with E-state index in [0.29, 0.717) is 5.56 Å². The zero-order chi connectivity index (χ0) is 20.8. The van der Waals surface area contributed by atoms with Crippen LogP contribution in [-0.2, 0) is 10.4 Å². The topological polar surface area (TPSA) is 39.1 Å². The van der Waals surface area contributed by atoms with E-state index >= 15 is 0 Å². The number of aryl methyl sites for hydroxylation is 1. The van der Waals surface area contributed by atoms with Crippen LogP contribution < -0.4 is 5.48 Å². The number of hydrogen-bond donors (Lipinski definition) is 1. The number of hydrogen-bond acceptors (Lipinski definition) is 3. The zero-order valence-electron chi connectivity index (χ0n) is 15.0. The molecular weight excluding hydrogens is 426 g/mol. The van der Waals surface area contributed by atoms with Crippen molar-refractivity contribution in [1.82, 2.24) is 15.3 Å². The summed E-state index contributed by atoms with van der Waals surface area (Å²) < 4.78 is 43.9. The Labute approximate surface area is 174 Å². The number of rotatable bonds is 3. The molecule has 2 aromatic carbocycles. The third-order valence-corrected chi connectivity index (χ3v) is 5.08. The molecule has 3 aromatic rings. The van der Waals surface area contributed by atoms with Gasteiger partial charge in [0.2, 0.25) is 5.60 Å². The molecule has 1 unspecified atom stereocenters. The van der Waals surface area contributed by atoms with Gasteiger partial charge in [-0.25, -0.2) is 4.68 Å². The summed E-state index contributed by atoms with van der Waals surface area (Å²) in [6.45, 7) is 1.85. The summed E-state index contributed by atoms with van der Waals surface area (Å²) in [4.78, 5) is 5.11. The highest BCUT2D eigenvalue weighted by molar-refractivity contribution is 6.34. The van der Waals surface area contributed by atoms with Crippen LogP contribution in [0.5, 0.6) is 0 Å². The number of halogens is 5. The summed E-state index contributed by atoms with van der Waals surface area (Å²) in [7, 11) is 0. The third-order valence-electron chi connectivity index (χ3n) is 4.64. The second kappa shape index (κ2) is 7.09. The molecule has 4 nitrogen and oxygen atoms in total. The third kappa shape index (κ3) is 3.50. The Morgan fingerprint density at radius 3 is 2.41 bits per heavy atom. The first kappa shape index (κ1) is 19.8. The molecule has 0 spiro atoms. The molecule has 1 atom stereocenters. The minimum absolute atomic E-state index is 0.0843. The molecule has 0 saturated heterocycles. The van der Waals surface area contributed by atoms with Gasteiger partial charge in [0, 0.05) is 33.6 Å². The molecule has 4 rings (SSSR count). The molecule has 1 aliphatic rings. The van der Waals surface area contributed by atoms with Crippen molar-refractivity contribution in [3.05, 3.63) is 87.7 Å². The maximum absolute atomic E-state index is 14.1. The Morgan fingerprint density at radius 1 is 1.10 bits per heavy atom. The quantitative estimate of drug-likeness (QED) is 0.558. The smallest absolute Gasteiger partial charge is 0.265 e. The van der Waals surface area contributed by atoms with Gasteiger partial charge in [-0.1, -0.05) is 29.3 Å². The standard InChI is InChI=1S/C20H14Cl2F3N3O/c1-12-7-13(3-4-18(12)28-6-2-5-26-28)17-11-19(29-27-17,20(23,24)25)14-8-15(21)10-16(22)9-14/h2-11,27H,1H3. The summed E-state index contributed by atoms with van der Waals surface area (Å²) >= 11 is 11.8. The Morgan fingerprint density at radius 2 is 1.83 bits per heavy atom. The van der Waals surface area contributed by atoms with E-state index in [1.807, 2.05) is 6.92 Å². The normalized spacial score (nSPS) is 19.2. The number of alkyl halides is 3. The van der Waals surface area contributed by atoms with Crippen LogP contribution in [0.4, 0.5) is 13.2 Å². The van der Waals surface area contributed by atoms with E-state index in [-0.39, 0.29) is 21.3 Å². The van der Waals surface area contributed by atoms with Crippen LogP contribution in [0.3, 0.4) is 0 Å². The molecule has 0 fully saturated rings. The molecule has 9 heteroatoms. The lowest BCUT2D eigenvalue weighted by Gasteiger charge is -2.28. The van der Waals surface area contributed by atoms with Crippen molar-refractivity contribution >= 4 is 28.9 Å². The van der Waals surface area contributed by atoms with Gasteiger partial charge in [-0.3, -0.25) is 10.3 Å². The van der Waals surface area contributed by atoms with E-state index in [1.54, 1.807) is 41.3 Å². The summed E-state index contributed by atoms with van der Waals surface area (Å²) in [5.41, 5.74) is 1.88. The van der Waals surface area contributed by atoms with Crippen LogP contribution in [0.1, 0.15) is 16.7 Å². The van der Waals surface area contributed by atoms with E-state index in [0.717, 1.165) is 17.3 Å². The molecule has 0 bridgehead atoms. The molecule has 2 heterocycles. The van der Waals surface area contributed by atoms with Crippen LogP contribution in [0.15, 0.2) is 60.9 Å². The predicted molar refractivity (Wildman–Crippen MR) is 105 cm³/mol. The van der Waals surface area contributed by atoms with E-state index in [4.69, 9.17) is 28.0 Å². The SMILES string of the molecule is Cc1cc(C2=CC(c3cc(Cl)cc(Cl)c3)(C(F)(F)F)ON2)ccc1-n1cccn1. The van der Waals surface area contributed by atoms with Crippen molar-refractivity contribution in [2.45, 2.75) is 18.7 Å². The summed E-state index contributed by atoms with van der Waals surface area (Å²) in [6.07, 6.45) is -0.316.